The first-order chi connectivity index (χ1) is 13.8. The van der Waals surface area contributed by atoms with Gasteiger partial charge >= 0.3 is 0 Å². The smallest absolute Gasteiger partial charge is 0.167 e. The highest BCUT2D eigenvalue weighted by Crippen LogP contribution is 2.33. The van der Waals surface area contributed by atoms with Crippen LogP contribution in [0.4, 0.5) is 5.82 Å². The van der Waals surface area contributed by atoms with Gasteiger partial charge in [-0.25, -0.2) is 15.0 Å². The third-order valence-electron chi connectivity index (χ3n) is 4.77. The van der Waals surface area contributed by atoms with Gasteiger partial charge in [0.15, 0.2) is 17.7 Å². The van der Waals surface area contributed by atoms with Gasteiger partial charge in [0.05, 0.1) is 12.3 Å². The lowest BCUT2D eigenvalue weighted by atomic mass is 10.1. The van der Waals surface area contributed by atoms with Crippen LogP contribution in [-0.2, 0) is 20.4 Å². The zero-order chi connectivity index (χ0) is 21.1. The molecule has 29 heavy (non-hydrogen) atoms. The van der Waals surface area contributed by atoms with Gasteiger partial charge in [0.25, 0.3) is 0 Å². The fraction of sp³-hybridized carbons (Fsp3) is 0.529. The van der Waals surface area contributed by atoms with Crippen molar-refractivity contribution < 1.29 is 24.9 Å². The number of ether oxygens (including phenoxy) is 1. The maximum Gasteiger partial charge on any atom is 0.167 e. The average Bonchev–Trinajstić information content (AvgIpc) is 3.23. The van der Waals surface area contributed by atoms with E-state index in [4.69, 9.17) is 16.2 Å². The summed E-state index contributed by atoms with van der Waals surface area (Å²) in [6.45, 7) is 3.73. The number of nitrogens with zero attached hydrogens (tertiary/aromatic N) is 4. The predicted octanol–water partition coefficient (Wildman–Crippen LogP) is -2.70. The van der Waals surface area contributed by atoms with Crippen molar-refractivity contribution in [1.82, 2.24) is 19.5 Å². The van der Waals surface area contributed by atoms with Crippen LogP contribution in [0.5, 0.6) is 0 Å². The van der Waals surface area contributed by atoms with Gasteiger partial charge in [0.1, 0.15) is 47.4 Å². The number of anilines is 1. The summed E-state index contributed by atoms with van der Waals surface area (Å²) in [5.41, 5.74) is 12.1. The number of aromatic nitrogens is 4. The molecular weight excluding hydrogens is 400 g/mol. The summed E-state index contributed by atoms with van der Waals surface area (Å²) in [5.74, 6) is 0.463. The van der Waals surface area contributed by atoms with Gasteiger partial charge in [-0.2, -0.15) is 0 Å². The molecule has 6 N–H and O–H groups in total. The molecule has 12 heteroatoms. The van der Waals surface area contributed by atoms with E-state index in [1.165, 1.54) is 17.2 Å². The SMILES string of the molecule is C=CC[S+](CC[C@H](N)C(=O)[O-])C[C@H]1O[C@@H](n2cnc3c(N)ncnc32)[C@@H](O)C1O. The maximum absolute atomic E-state index is 10.8. The van der Waals surface area contributed by atoms with E-state index in [2.05, 4.69) is 21.5 Å². The number of nitrogens with two attached hydrogens (primary N) is 2. The summed E-state index contributed by atoms with van der Waals surface area (Å²) in [6, 6.07) is -1.05. The third kappa shape index (κ3) is 4.51. The van der Waals surface area contributed by atoms with Gasteiger partial charge in [-0.1, -0.05) is 6.58 Å². The Morgan fingerprint density at radius 2 is 2.17 bits per heavy atom. The standard InChI is InChI=1S/C17H24N6O5S/c1-2-4-29(5-3-9(18)17(26)27)6-10-12(24)13(25)16(28-10)23-8-22-11-14(19)20-7-21-15(11)23/h2,7-10,12-13,16,24-25H,1,3-6,18H2,(H2-,19,20,21,26,27)/t9-,10+,12?,13-,16+,29?/m0/s1. The molecule has 0 bridgehead atoms. The second kappa shape index (κ2) is 9.05. The molecule has 1 saturated heterocycles. The third-order valence-corrected chi connectivity index (χ3v) is 7.09. The number of nitrogen functional groups attached to an aromatic ring is 1. The van der Waals surface area contributed by atoms with Crippen molar-refractivity contribution in [3.05, 3.63) is 25.3 Å². The number of carboxylic acids is 1. The molecule has 3 rings (SSSR count). The van der Waals surface area contributed by atoms with Crippen LogP contribution in [-0.4, -0.2) is 77.3 Å². The Hall–Kier alpha value is -2.25. The van der Waals surface area contributed by atoms with Crippen LogP contribution in [0, 0.1) is 0 Å². The molecule has 1 aliphatic heterocycles. The Morgan fingerprint density at radius 3 is 2.86 bits per heavy atom. The molecule has 0 amide bonds. The average molecular weight is 424 g/mol. The van der Waals surface area contributed by atoms with E-state index in [9.17, 15) is 20.1 Å². The summed E-state index contributed by atoms with van der Waals surface area (Å²) >= 11 is 0. The van der Waals surface area contributed by atoms with Crippen LogP contribution >= 0.6 is 0 Å². The second-order valence-electron chi connectivity index (χ2n) is 6.78. The first-order valence-corrected chi connectivity index (χ1v) is 10.7. The molecule has 1 fully saturated rings. The van der Waals surface area contributed by atoms with Gasteiger partial charge in [0, 0.05) is 12.5 Å². The monoisotopic (exact) mass is 424 g/mol. The van der Waals surface area contributed by atoms with Gasteiger partial charge in [-0.05, 0) is 17.0 Å². The number of aliphatic hydroxyl groups is 2. The fourth-order valence-corrected chi connectivity index (χ4v) is 5.33. The molecule has 11 nitrogen and oxygen atoms in total. The van der Waals surface area contributed by atoms with Crippen LogP contribution in [0.15, 0.2) is 25.3 Å². The number of carbonyl (C=O) groups excluding carboxylic acids is 1. The number of aliphatic hydroxyl groups excluding tert-OH is 2. The topological polar surface area (TPSA) is 185 Å². The van der Waals surface area contributed by atoms with E-state index in [-0.39, 0.29) is 23.1 Å². The molecule has 2 unspecified atom stereocenters. The molecule has 1 aliphatic rings. The van der Waals surface area contributed by atoms with E-state index >= 15 is 0 Å². The largest absolute Gasteiger partial charge is 0.548 e. The van der Waals surface area contributed by atoms with Crippen molar-refractivity contribution in [2.75, 3.05) is 23.0 Å². The zero-order valence-electron chi connectivity index (χ0n) is 15.6. The first kappa shape index (κ1) is 21.5. The normalized spacial score (nSPS) is 26.4. The number of hydrogen-bond donors (Lipinski definition) is 4. The minimum Gasteiger partial charge on any atom is -0.548 e. The van der Waals surface area contributed by atoms with Crippen LogP contribution in [0.25, 0.3) is 11.2 Å². The Kier molecular flexibility index (Phi) is 6.70. The predicted molar refractivity (Wildman–Crippen MR) is 105 cm³/mol. The summed E-state index contributed by atoms with van der Waals surface area (Å²) in [6.07, 6.45) is 0.805. The van der Waals surface area contributed by atoms with Crippen LogP contribution in [0.3, 0.4) is 0 Å². The van der Waals surface area contributed by atoms with E-state index < -0.39 is 36.6 Å². The second-order valence-corrected chi connectivity index (χ2v) is 9.08. The van der Waals surface area contributed by atoms with E-state index in [0.717, 1.165) is 0 Å². The van der Waals surface area contributed by atoms with E-state index in [1.807, 2.05) is 0 Å². The summed E-state index contributed by atoms with van der Waals surface area (Å²) in [5, 5.41) is 31.9. The highest BCUT2D eigenvalue weighted by molar-refractivity contribution is 7.97. The lowest BCUT2D eigenvalue weighted by molar-refractivity contribution is -0.307. The highest BCUT2D eigenvalue weighted by atomic mass is 32.2. The molecule has 6 atom stereocenters. The summed E-state index contributed by atoms with van der Waals surface area (Å²) in [4.78, 5) is 23.0. The highest BCUT2D eigenvalue weighted by Gasteiger charge is 2.47. The molecule has 0 saturated carbocycles. The van der Waals surface area contributed by atoms with Gasteiger partial charge in [-0.3, -0.25) is 4.57 Å². The minimum absolute atomic E-state index is 0.204. The Bertz CT molecular complexity index is 879. The Labute approximate surface area is 169 Å². The van der Waals surface area contributed by atoms with E-state index in [1.54, 1.807) is 6.08 Å². The van der Waals surface area contributed by atoms with Crippen molar-refractivity contribution in [1.29, 1.82) is 0 Å². The molecule has 2 aromatic heterocycles. The van der Waals surface area contributed by atoms with E-state index in [0.29, 0.717) is 28.4 Å². The van der Waals surface area contributed by atoms with Crippen molar-refractivity contribution in [2.45, 2.75) is 37.0 Å². The molecule has 3 heterocycles. The van der Waals surface area contributed by atoms with Crippen molar-refractivity contribution >= 4 is 33.8 Å². The van der Waals surface area contributed by atoms with Crippen LogP contribution in [0.2, 0.25) is 0 Å². The van der Waals surface area contributed by atoms with Crippen LogP contribution < -0.4 is 16.6 Å². The number of hydrogen-bond acceptors (Lipinski definition) is 10. The quantitative estimate of drug-likeness (QED) is 0.244. The van der Waals surface area contributed by atoms with Gasteiger partial charge < -0.3 is 36.3 Å². The number of carbonyl (C=O) groups is 1. The van der Waals surface area contributed by atoms with Crippen molar-refractivity contribution in [2.24, 2.45) is 5.73 Å². The molecule has 0 aliphatic carbocycles. The number of aliphatic carboxylic acids is 1. The molecule has 2 aromatic rings. The molecule has 158 valence electrons. The fourth-order valence-electron chi connectivity index (χ4n) is 3.20. The molecule has 0 aromatic carbocycles. The lowest BCUT2D eigenvalue weighted by Gasteiger charge is -2.17. The number of rotatable bonds is 9. The number of fused-ring (bicyclic) bond motifs is 1. The van der Waals surface area contributed by atoms with Gasteiger partial charge in [-0.15, -0.1) is 0 Å². The molecule has 0 radical (unpaired) electrons. The maximum atomic E-state index is 10.8. The molecule has 0 spiro atoms. The zero-order valence-corrected chi connectivity index (χ0v) is 16.4. The van der Waals surface area contributed by atoms with Crippen molar-refractivity contribution in [3.8, 4) is 0 Å². The first-order valence-electron chi connectivity index (χ1n) is 8.99. The summed E-state index contributed by atoms with van der Waals surface area (Å²) < 4.78 is 7.46. The Balaban J connectivity index is 1.73. The minimum atomic E-state index is -1.30. The summed E-state index contributed by atoms with van der Waals surface area (Å²) in [7, 11) is -0.335. The number of carboxylic acid groups (broad SMARTS) is 1. The molecular formula is C17H24N6O5S. The Morgan fingerprint density at radius 1 is 1.41 bits per heavy atom. The van der Waals surface area contributed by atoms with Crippen molar-refractivity contribution in [3.63, 3.8) is 0 Å². The lowest BCUT2D eigenvalue weighted by Crippen LogP contribution is -2.43. The van der Waals surface area contributed by atoms with Gasteiger partial charge in [0.2, 0.25) is 0 Å². The van der Waals surface area contributed by atoms with Crippen LogP contribution in [0.1, 0.15) is 12.6 Å². The number of imidazole rings is 1.